The van der Waals surface area contributed by atoms with Gasteiger partial charge in [-0.2, -0.15) is 0 Å². The number of benzene rings is 2. The van der Waals surface area contributed by atoms with Crippen LogP contribution in [0.15, 0.2) is 42.0 Å². The lowest BCUT2D eigenvalue weighted by molar-refractivity contribution is -0.130. The van der Waals surface area contributed by atoms with E-state index in [0.717, 1.165) is 4.90 Å². The summed E-state index contributed by atoms with van der Waals surface area (Å²) in [4.78, 5) is 38.3. The molecular weight excluding hydrogens is 491 g/mol. The van der Waals surface area contributed by atoms with Crippen molar-refractivity contribution in [1.82, 2.24) is 10.2 Å². The number of carbonyl (C=O) groups excluding carboxylic acids is 3. The number of nitrogens with one attached hydrogen (secondary N) is 1. The molecule has 8 nitrogen and oxygen atoms in total. The Balaban J connectivity index is 1.92. The van der Waals surface area contributed by atoms with Gasteiger partial charge in [0.15, 0.2) is 11.5 Å². The second kappa shape index (κ2) is 8.52. The molecule has 0 unspecified atom stereocenters. The first kappa shape index (κ1) is 20.6. The van der Waals surface area contributed by atoms with Gasteiger partial charge in [0.1, 0.15) is 11.3 Å². The number of aromatic hydroxyl groups is 1. The second-order valence-corrected chi connectivity index (χ2v) is 7.27. The topological polar surface area (TPSA) is 105 Å². The van der Waals surface area contributed by atoms with Gasteiger partial charge in [-0.3, -0.25) is 19.8 Å². The Labute approximate surface area is 180 Å². The molecule has 3 rings (SSSR count). The van der Waals surface area contributed by atoms with Crippen molar-refractivity contribution in [3.05, 3.63) is 56.7 Å². The van der Waals surface area contributed by atoms with Gasteiger partial charge in [0.25, 0.3) is 11.8 Å². The molecule has 0 spiro atoms. The fraction of sp³-hybridized carbons (Fsp3) is 0.150. The Morgan fingerprint density at radius 1 is 1.10 bits per heavy atom. The van der Waals surface area contributed by atoms with Crippen molar-refractivity contribution in [3.8, 4) is 17.2 Å². The average molecular weight is 508 g/mol. The normalized spacial score (nSPS) is 15.5. The maximum absolute atomic E-state index is 12.9. The largest absolute Gasteiger partial charge is 0.504 e. The molecule has 9 heteroatoms. The van der Waals surface area contributed by atoms with Gasteiger partial charge in [-0.05, 0) is 64.1 Å². The number of hydrogen-bond acceptors (Lipinski definition) is 6. The molecule has 150 valence electrons. The van der Waals surface area contributed by atoms with E-state index in [1.165, 1.54) is 19.3 Å². The van der Waals surface area contributed by atoms with Crippen LogP contribution in [0.25, 0.3) is 6.08 Å². The van der Waals surface area contributed by atoms with Gasteiger partial charge in [0.2, 0.25) is 0 Å². The molecule has 1 aliphatic rings. The molecule has 2 aromatic rings. The van der Waals surface area contributed by atoms with Crippen LogP contribution in [0, 0.1) is 3.57 Å². The number of methoxy groups -OCH3 is 2. The highest BCUT2D eigenvalue weighted by Crippen LogP contribution is 2.33. The number of hydrogen-bond donors (Lipinski definition) is 2. The number of urea groups is 1. The summed E-state index contributed by atoms with van der Waals surface area (Å²) in [6, 6.07) is 9.19. The molecule has 2 aromatic carbocycles. The second-order valence-electron chi connectivity index (χ2n) is 6.11. The van der Waals surface area contributed by atoms with Gasteiger partial charge in [0, 0.05) is 0 Å². The number of halogens is 1. The van der Waals surface area contributed by atoms with Gasteiger partial charge in [0.05, 0.1) is 24.3 Å². The molecule has 4 amide bonds. The summed E-state index contributed by atoms with van der Waals surface area (Å²) in [5.74, 6) is -0.677. The highest BCUT2D eigenvalue weighted by Gasteiger charge is 2.35. The first-order valence-electron chi connectivity index (χ1n) is 8.42. The lowest BCUT2D eigenvalue weighted by atomic mass is 10.1. The van der Waals surface area contributed by atoms with Gasteiger partial charge in [-0.15, -0.1) is 0 Å². The molecule has 0 bridgehead atoms. The van der Waals surface area contributed by atoms with E-state index in [1.54, 1.807) is 37.4 Å². The van der Waals surface area contributed by atoms with Crippen LogP contribution in [0.1, 0.15) is 11.1 Å². The van der Waals surface area contributed by atoms with Crippen LogP contribution in [0.2, 0.25) is 0 Å². The van der Waals surface area contributed by atoms with Gasteiger partial charge in [-0.1, -0.05) is 12.1 Å². The molecule has 0 aliphatic carbocycles. The third kappa shape index (κ3) is 4.34. The Morgan fingerprint density at radius 3 is 2.41 bits per heavy atom. The van der Waals surface area contributed by atoms with Crippen molar-refractivity contribution in [2.75, 3.05) is 14.2 Å². The SMILES string of the molecule is COc1ccc(CN2C(=O)NC(=O)/C(=C/c3cc(I)c(O)c(OC)c3)C2=O)cc1. The highest BCUT2D eigenvalue weighted by molar-refractivity contribution is 14.1. The first-order chi connectivity index (χ1) is 13.8. The van der Waals surface area contributed by atoms with Crippen molar-refractivity contribution < 1.29 is 29.0 Å². The van der Waals surface area contributed by atoms with E-state index in [1.807, 2.05) is 22.6 Å². The Bertz CT molecular complexity index is 1020. The van der Waals surface area contributed by atoms with E-state index < -0.39 is 17.8 Å². The van der Waals surface area contributed by atoms with Gasteiger partial charge < -0.3 is 14.6 Å². The van der Waals surface area contributed by atoms with Crippen molar-refractivity contribution in [1.29, 1.82) is 0 Å². The minimum Gasteiger partial charge on any atom is -0.504 e. The van der Waals surface area contributed by atoms with E-state index in [4.69, 9.17) is 9.47 Å². The smallest absolute Gasteiger partial charge is 0.331 e. The first-order valence-corrected chi connectivity index (χ1v) is 9.50. The summed E-state index contributed by atoms with van der Waals surface area (Å²) in [7, 11) is 2.94. The predicted molar refractivity (Wildman–Crippen MR) is 112 cm³/mol. The number of ether oxygens (including phenoxy) is 2. The number of phenols is 1. The number of imide groups is 2. The molecule has 0 radical (unpaired) electrons. The molecule has 1 heterocycles. The summed E-state index contributed by atoms with van der Waals surface area (Å²) in [6.07, 6.45) is 1.36. The molecule has 1 fully saturated rings. The van der Waals surface area contributed by atoms with Crippen molar-refractivity contribution in [3.63, 3.8) is 0 Å². The number of phenolic OH excluding ortho intramolecular Hbond substituents is 1. The van der Waals surface area contributed by atoms with E-state index >= 15 is 0 Å². The van der Waals surface area contributed by atoms with Crippen LogP contribution in [0.4, 0.5) is 4.79 Å². The number of amides is 4. The molecule has 29 heavy (non-hydrogen) atoms. The number of barbiturate groups is 1. The number of rotatable bonds is 5. The lowest BCUT2D eigenvalue weighted by Gasteiger charge is -2.26. The summed E-state index contributed by atoms with van der Waals surface area (Å²) in [5, 5.41) is 12.1. The van der Waals surface area contributed by atoms with E-state index in [0.29, 0.717) is 20.4 Å². The molecule has 0 aromatic heterocycles. The third-order valence-electron chi connectivity index (χ3n) is 4.27. The Hall–Kier alpha value is -3.08. The van der Waals surface area contributed by atoms with Crippen LogP contribution >= 0.6 is 22.6 Å². The fourth-order valence-corrected chi connectivity index (χ4v) is 3.38. The van der Waals surface area contributed by atoms with Crippen molar-refractivity contribution in [2.24, 2.45) is 0 Å². The monoisotopic (exact) mass is 508 g/mol. The fourth-order valence-electron chi connectivity index (χ4n) is 2.75. The zero-order chi connectivity index (χ0) is 21.1. The third-order valence-corrected chi connectivity index (χ3v) is 5.09. The molecule has 0 saturated carbocycles. The zero-order valence-electron chi connectivity index (χ0n) is 15.6. The highest BCUT2D eigenvalue weighted by atomic mass is 127. The van der Waals surface area contributed by atoms with Crippen LogP contribution in [0.5, 0.6) is 17.2 Å². The Kier molecular flexibility index (Phi) is 6.06. The Morgan fingerprint density at radius 2 is 1.79 bits per heavy atom. The lowest BCUT2D eigenvalue weighted by Crippen LogP contribution is -2.53. The molecule has 2 N–H and O–H groups in total. The minimum atomic E-state index is -0.786. The van der Waals surface area contributed by atoms with Gasteiger partial charge >= 0.3 is 6.03 Å². The summed E-state index contributed by atoms with van der Waals surface area (Å²) in [5.41, 5.74) is 0.979. The minimum absolute atomic E-state index is 0.00425. The summed E-state index contributed by atoms with van der Waals surface area (Å²) < 4.78 is 10.7. The predicted octanol–water partition coefficient (Wildman–Crippen LogP) is 2.68. The summed E-state index contributed by atoms with van der Waals surface area (Å²) in [6.45, 7) is -0.00425. The van der Waals surface area contributed by atoms with Crippen LogP contribution in [0.3, 0.4) is 0 Å². The summed E-state index contributed by atoms with van der Waals surface area (Å²) >= 11 is 1.91. The number of nitrogens with zero attached hydrogens (tertiary/aromatic N) is 1. The quantitative estimate of drug-likeness (QED) is 0.366. The van der Waals surface area contributed by atoms with E-state index in [2.05, 4.69) is 5.32 Å². The maximum Gasteiger partial charge on any atom is 0.331 e. The molecule has 1 saturated heterocycles. The zero-order valence-corrected chi connectivity index (χ0v) is 17.7. The van der Waals surface area contributed by atoms with Crippen LogP contribution < -0.4 is 14.8 Å². The molecular formula is C20H17IN2O6. The van der Waals surface area contributed by atoms with Crippen LogP contribution in [-0.2, 0) is 16.1 Å². The van der Waals surface area contributed by atoms with E-state index in [-0.39, 0.29) is 23.6 Å². The van der Waals surface area contributed by atoms with Crippen LogP contribution in [-0.4, -0.2) is 42.1 Å². The molecule has 0 atom stereocenters. The average Bonchev–Trinajstić information content (AvgIpc) is 2.71. The van der Waals surface area contributed by atoms with Crippen molar-refractivity contribution in [2.45, 2.75) is 6.54 Å². The van der Waals surface area contributed by atoms with Crippen molar-refractivity contribution >= 4 is 46.5 Å². The molecule has 1 aliphatic heterocycles. The number of carbonyl (C=O) groups is 3. The van der Waals surface area contributed by atoms with E-state index in [9.17, 15) is 19.5 Å². The standard InChI is InChI=1S/C20H17IN2O6/c1-28-13-5-3-11(4-6-13)10-23-19(26)14(18(25)22-20(23)27)7-12-8-15(21)17(24)16(9-12)29-2/h3-9,24H,10H2,1-2H3,(H,22,25,27)/b14-7-. The maximum atomic E-state index is 12.9. The van der Waals surface area contributed by atoms with Gasteiger partial charge in [-0.25, -0.2) is 4.79 Å².